The molecule has 1 aliphatic carbocycles. The summed E-state index contributed by atoms with van der Waals surface area (Å²) in [4.78, 5) is 54.9. The summed E-state index contributed by atoms with van der Waals surface area (Å²) in [7, 11) is 0. The van der Waals surface area contributed by atoms with Crippen molar-refractivity contribution in [3.05, 3.63) is 34.9 Å². The van der Waals surface area contributed by atoms with Gasteiger partial charge in [0.05, 0.1) is 0 Å². The van der Waals surface area contributed by atoms with E-state index in [0.29, 0.717) is 13.0 Å². The summed E-state index contributed by atoms with van der Waals surface area (Å²) in [5.41, 5.74) is 7.33. The smallest absolute Gasteiger partial charge is 0.408 e. The Bertz CT molecular complexity index is 1060. The van der Waals surface area contributed by atoms with E-state index in [9.17, 15) is 19.2 Å². The maximum absolute atomic E-state index is 14.5. The van der Waals surface area contributed by atoms with Gasteiger partial charge >= 0.3 is 6.09 Å². The van der Waals surface area contributed by atoms with Gasteiger partial charge in [-0.15, -0.1) is 0 Å². The zero-order valence-electron chi connectivity index (χ0n) is 27.4. The Labute approximate surface area is 259 Å². The lowest BCUT2D eigenvalue weighted by molar-refractivity contribution is -0.143. The number of nitrogens with zero attached hydrogens (tertiary/aromatic N) is 1. The predicted molar refractivity (Wildman–Crippen MR) is 170 cm³/mol. The summed E-state index contributed by atoms with van der Waals surface area (Å²) in [6, 6.07) is 4.03. The number of alkyl carbamates (subject to hydrolysis) is 1. The molecule has 0 spiro atoms. The van der Waals surface area contributed by atoms with E-state index in [1.54, 1.807) is 25.7 Å². The Hall–Kier alpha value is -3.10. The average Bonchev–Trinajstić information content (AvgIpc) is 2.93. The van der Waals surface area contributed by atoms with Crippen molar-refractivity contribution in [1.82, 2.24) is 15.5 Å². The summed E-state index contributed by atoms with van der Waals surface area (Å²) in [6.45, 7) is 11.6. The van der Waals surface area contributed by atoms with E-state index in [0.717, 1.165) is 80.9 Å². The van der Waals surface area contributed by atoms with Crippen molar-refractivity contribution in [2.75, 3.05) is 6.54 Å². The quantitative estimate of drug-likeness (QED) is 0.196. The number of carbonyl (C=O) groups excluding carboxylic acids is 4. The van der Waals surface area contributed by atoms with Crippen LogP contribution in [-0.4, -0.2) is 52.9 Å². The average molecular weight is 601 g/mol. The fraction of sp³-hybridized carbons (Fsp3) is 0.706. The van der Waals surface area contributed by atoms with Crippen LogP contribution in [0.25, 0.3) is 0 Å². The van der Waals surface area contributed by atoms with Gasteiger partial charge in [0.25, 0.3) is 0 Å². The Kier molecular flexibility index (Phi) is 15.0. The zero-order valence-corrected chi connectivity index (χ0v) is 27.4. The van der Waals surface area contributed by atoms with E-state index in [2.05, 4.69) is 17.6 Å². The lowest BCUT2D eigenvalue weighted by Gasteiger charge is -2.36. The van der Waals surface area contributed by atoms with E-state index in [1.807, 2.05) is 32.0 Å². The number of nitrogens with one attached hydrogen (secondary N) is 2. The minimum atomic E-state index is -1.09. The highest BCUT2D eigenvalue weighted by atomic mass is 16.6. The third kappa shape index (κ3) is 13.0. The molecule has 9 heteroatoms. The Balaban J connectivity index is 2.51. The van der Waals surface area contributed by atoms with Crippen LogP contribution in [-0.2, 0) is 19.1 Å². The van der Waals surface area contributed by atoms with Crippen molar-refractivity contribution in [3.63, 3.8) is 0 Å². The number of rotatable bonds is 16. The summed E-state index contributed by atoms with van der Waals surface area (Å²) in [5.74, 6) is -1.22. The second-order valence-corrected chi connectivity index (χ2v) is 13.1. The molecule has 2 rings (SSSR count). The molecule has 1 fully saturated rings. The Morgan fingerprint density at radius 1 is 1.00 bits per heavy atom. The van der Waals surface area contributed by atoms with E-state index >= 15 is 0 Å². The third-order valence-electron chi connectivity index (χ3n) is 7.95. The molecule has 0 aromatic heterocycles. The molecular formula is C34H56N4O5. The normalized spacial score (nSPS) is 15.3. The number of unbranched alkanes of at least 4 members (excludes halogenated alkanes) is 5. The molecule has 0 saturated heterocycles. The predicted octanol–water partition coefficient (Wildman–Crippen LogP) is 6.14. The van der Waals surface area contributed by atoms with Crippen molar-refractivity contribution in [2.45, 2.75) is 149 Å². The van der Waals surface area contributed by atoms with Gasteiger partial charge in [-0.05, 0) is 71.4 Å². The van der Waals surface area contributed by atoms with Gasteiger partial charge in [0.2, 0.25) is 17.7 Å². The highest BCUT2D eigenvalue weighted by molar-refractivity contribution is 5.92. The molecule has 242 valence electrons. The fourth-order valence-electron chi connectivity index (χ4n) is 5.66. The van der Waals surface area contributed by atoms with Crippen molar-refractivity contribution in [2.24, 2.45) is 5.73 Å². The third-order valence-corrected chi connectivity index (χ3v) is 7.95. The Morgan fingerprint density at radius 3 is 2.28 bits per heavy atom. The summed E-state index contributed by atoms with van der Waals surface area (Å²) in [5, 5.41) is 5.95. The van der Waals surface area contributed by atoms with Crippen molar-refractivity contribution in [1.29, 1.82) is 0 Å². The largest absolute Gasteiger partial charge is 0.444 e. The molecule has 1 aliphatic rings. The first-order valence-corrected chi connectivity index (χ1v) is 16.3. The molecule has 9 nitrogen and oxygen atoms in total. The van der Waals surface area contributed by atoms with Crippen molar-refractivity contribution < 1.29 is 23.9 Å². The van der Waals surface area contributed by atoms with Crippen molar-refractivity contribution in [3.8, 4) is 0 Å². The number of benzene rings is 1. The van der Waals surface area contributed by atoms with Gasteiger partial charge in [-0.2, -0.15) is 0 Å². The van der Waals surface area contributed by atoms with Gasteiger partial charge in [0.1, 0.15) is 17.7 Å². The topological polar surface area (TPSA) is 131 Å². The molecule has 0 radical (unpaired) electrons. The summed E-state index contributed by atoms with van der Waals surface area (Å²) >= 11 is 0. The first kappa shape index (κ1) is 36.1. The van der Waals surface area contributed by atoms with Crippen LogP contribution in [0.2, 0.25) is 0 Å². The second-order valence-electron chi connectivity index (χ2n) is 13.1. The molecule has 0 heterocycles. The number of amides is 4. The van der Waals surface area contributed by atoms with Gasteiger partial charge in [-0.1, -0.05) is 82.1 Å². The molecule has 43 heavy (non-hydrogen) atoms. The molecule has 1 aromatic carbocycles. The van der Waals surface area contributed by atoms with Gasteiger partial charge in [0.15, 0.2) is 0 Å². The fourth-order valence-corrected chi connectivity index (χ4v) is 5.66. The van der Waals surface area contributed by atoms with Gasteiger partial charge in [-0.25, -0.2) is 4.79 Å². The molecular weight excluding hydrogens is 544 g/mol. The second kappa shape index (κ2) is 17.9. The van der Waals surface area contributed by atoms with Crippen LogP contribution in [0.3, 0.4) is 0 Å². The number of hydrogen-bond donors (Lipinski definition) is 3. The van der Waals surface area contributed by atoms with Gasteiger partial charge < -0.3 is 26.0 Å². The van der Waals surface area contributed by atoms with E-state index in [4.69, 9.17) is 10.5 Å². The zero-order chi connectivity index (χ0) is 32.0. The van der Waals surface area contributed by atoms with Crippen LogP contribution in [0.4, 0.5) is 4.79 Å². The summed E-state index contributed by atoms with van der Waals surface area (Å²) in [6.07, 6.45) is 10.3. The SMILES string of the molecule is CCCCCCCCN(C(=O)C(CCC(N)=O)NC(=O)OC(C)(C)C)C(C(=O)NC1CCCCC1)c1cc(C)ccc1C. The summed E-state index contributed by atoms with van der Waals surface area (Å²) < 4.78 is 5.45. The van der Waals surface area contributed by atoms with Crippen LogP contribution in [0.5, 0.6) is 0 Å². The molecule has 4 N–H and O–H groups in total. The van der Waals surface area contributed by atoms with Crippen LogP contribution < -0.4 is 16.4 Å². The molecule has 2 unspecified atom stereocenters. The number of carbonyl (C=O) groups is 4. The van der Waals surface area contributed by atoms with E-state index in [1.165, 1.54) is 0 Å². The first-order valence-electron chi connectivity index (χ1n) is 16.3. The lowest BCUT2D eigenvalue weighted by atomic mass is 9.93. The van der Waals surface area contributed by atoms with Gasteiger partial charge in [0, 0.05) is 19.0 Å². The maximum atomic E-state index is 14.5. The number of primary amides is 1. The van der Waals surface area contributed by atoms with Crippen LogP contribution in [0, 0.1) is 13.8 Å². The van der Waals surface area contributed by atoms with E-state index < -0.39 is 35.6 Å². The number of hydrogen-bond acceptors (Lipinski definition) is 5. The number of nitrogens with two attached hydrogens (primary N) is 1. The first-order chi connectivity index (χ1) is 20.3. The van der Waals surface area contributed by atoms with E-state index in [-0.39, 0.29) is 24.8 Å². The highest BCUT2D eigenvalue weighted by Crippen LogP contribution is 2.29. The maximum Gasteiger partial charge on any atom is 0.408 e. The lowest BCUT2D eigenvalue weighted by Crippen LogP contribution is -2.54. The molecule has 2 atom stereocenters. The highest BCUT2D eigenvalue weighted by Gasteiger charge is 2.37. The van der Waals surface area contributed by atoms with Crippen molar-refractivity contribution >= 4 is 23.8 Å². The van der Waals surface area contributed by atoms with Crippen LogP contribution in [0.15, 0.2) is 18.2 Å². The monoisotopic (exact) mass is 600 g/mol. The number of ether oxygens (including phenoxy) is 1. The van der Waals surface area contributed by atoms with Crippen LogP contribution >= 0.6 is 0 Å². The Morgan fingerprint density at radius 2 is 1.65 bits per heavy atom. The molecule has 0 aliphatic heterocycles. The number of aryl methyl sites for hydroxylation is 2. The molecule has 0 bridgehead atoms. The minimum Gasteiger partial charge on any atom is -0.444 e. The molecule has 1 saturated carbocycles. The standard InChI is InChI=1S/C34H56N4O5/c1-7-8-9-10-11-15-22-38(32(41)28(20-21-29(35)39)37-33(42)43-34(4,5)6)30(27-23-24(2)18-19-25(27)3)31(40)36-26-16-13-12-14-17-26/h18-19,23,26,28,30H,7-17,20-22H2,1-6H3,(H2,35,39)(H,36,40)(H,37,42). The molecule has 4 amide bonds. The van der Waals surface area contributed by atoms with Gasteiger partial charge in [-0.3, -0.25) is 14.4 Å². The van der Waals surface area contributed by atoms with Crippen LogP contribution in [0.1, 0.15) is 134 Å². The molecule has 1 aromatic rings. The minimum absolute atomic E-state index is 0.00414.